The van der Waals surface area contributed by atoms with E-state index in [1.54, 1.807) is 6.92 Å². The van der Waals surface area contributed by atoms with Gasteiger partial charge in [-0.25, -0.2) is 0 Å². The summed E-state index contributed by atoms with van der Waals surface area (Å²) in [5.74, 6) is -0.477. The molecule has 22 heavy (non-hydrogen) atoms. The van der Waals surface area contributed by atoms with E-state index in [4.69, 9.17) is 0 Å². The Balaban J connectivity index is 1.97. The summed E-state index contributed by atoms with van der Waals surface area (Å²) in [5, 5.41) is 12.9. The van der Waals surface area contributed by atoms with Gasteiger partial charge in [-0.15, -0.1) is 0 Å². The summed E-state index contributed by atoms with van der Waals surface area (Å²) in [6.07, 6.45) is -2.51. The van der Waals surface area contributed by atoms with Crippen LogP contribution in [-0.2, 0) is 4.79 Å². The number of nitrogens with one attached hydrogen (secondary N) is 1. The van der Waals surface area contributed by atoms with E-state index in [1.165, 1.54) is 6.92 Å². The molecule has 1 fully saturated rings. The van der Waals surface area contributed by atoms with Gasteiger partial charge in [0.05, 0.1) is 12.5 Å². The fraction of sp³-hybridized carbons (Fsp3) is 0.857. The first-order valence-electron chi connectivity index (χ1n) is 7.42. The summed E-state index contributed by atoms with van der Waals surface area (Å²) in [6.45, 7) is 3.01. The largest absolute Gasteiger partial charge is 0.393 e. The molecule has 2 N–H and O–H groups in total. The molecule has 1 unspecified atom stereocenters. The quantitative estimate of drug-likeness (QED) is 0.827. The van der Waals surface area contributed by atoms with E-state index in [0.717, 1.165) is 31.0 Å². The average molecular weight is 338 g/mol. The van der Waals surface area contributed by atoms with Crippen LogP contribution >= 0.6 is 11.8 Å². The van der Waals surface area contributed by atoms with E-state index < -0.39 is 29.4 Å². The fourth-order valence-corrected chi connectivity index (χ4v) is 4.29. The molecule has 1 heterocycles. The molecule has 126 valence electrons. The van der Waals surface area contributed by atoms with Crippen LogP contribution in [0.15, 0.2) is 4.99 Å². The van der Waals surface area contributed by atoms with Gasteiger partial charge >= 0.3 is 6.18 Å². The highest BCUT2D eigenvalue weighted by Crippen LogP contribution is 2.42. The third-order valence-corrected chi connectivity index (χ3v) is 5.30. The number of aliphatic imine (C=N–C) groups is 1. The number of carbonyl (C=O) groups excluding carboxylic acids is 1. The zero-order chi connectivity index (χ0) is 16.5. The van der Waals surface area contributed by atoms with Gasteiger partial charge in [0, 0.05) is 6.04 Å². The molecule has 1 saturated carbocycles. The summed E-state index contributed by atoms with van der Waals surface area (Å²) in [6, 6.07) is 0.0573. The number of thioether (sulfide) groups is 1. The first kappa shape index (κ1) is 17.6. The van der Waals surface area contributed by atoms with Crippen molar-refractivity contribution in [3.63, 3.8) is 0 Å². The Labute approximate surface area is 131 Å². The molecule has 8 heteroatoms. The van der Waals surface area contributed by atoms with Gasteiger partial charge in [-0.3, -0.25) is 4.79 Å². The Morgan fingerprint density at radius 2 is 2.18 bits per heavy atom. The van der Waals surface area contributed by atoms with E-state index in [9.17, 15) is 23.1 Å². The number of aliphatic hydroxyl groups is 1. The first-order valence-corrected chi connectivity index (χ1v) is 8.24. The van der Waals surface area contributed by atoms with Crippen LogP contribution in [0.3, 0.4) is 0 Å². The maximum Gasteiger partial charge on any atom is 0.390 e. The van der Waals surface area contributed by atoms with E-state index in [0.29, 0.717) is 6.42 Å². The van der Waals surface area contributed by atoms with Gasteiger partial charge in [-0.2, -0.15) is 18.2 Å². The van der Waals surface area contributed by atoms with Crippen LogP contribution in [0, 0.1) is 5.92 Å². The highest BCUT2D eigenvalue weighted by molar-refractivity contribution is 8.16. The molecular formula is C14H21F3N2O2S. The van der Waals surface area contributed by atoms with Crippen molar-refractivity contribution >= 4 is 22.8 Å². The molecular weight excluding hydrogens is 317 g/mol. The van der Waals surface area contributed by atoms with Gasteiger partial charge in [-0.05, 0) is 39.0 Å². The minimum atomic E-state index is -4.40. The molecule has 2 rings (SSSR count). The SMILES string of the molecule is C[C@@H](O)C[C@H]1CCC[C@@H]1NC1=NC(=O)C(C)(CC(F)(F)F)S1. The van der Waals surface area contributed by atoms with E-state index >= 15 is 0 Å². The van der Waals surface area contributed by atoms with Gasteiger partial charge in [0.1, 0.15) is 4.75 Å². The molecule has 2 aliphatic rings. The smallest absolute Gasteiger partial charge is 0.390 e. The Hall–Kier alpha value is -0.760. The minimum absolute atomic E-state index is 0.0573. The number of nitrogens with zero attached hydrogens (tertiary/aromatic N) is 1. The predicted molar refractivity (Wildman–Crippen MR) is 79.7 cm³/mol. The lowest BCUT2D eigenvalue weighted by Gasteiger charge is -2.24. The molecule has 0 radical (unpaired) electrons. The number of carbonyl (C=O) groups is 1. The van der Waals surface area contributed by atoms with Crippen molar-refractivity contribution in [1.82, 2.24) is 5.32 Å². The number of hydrogen-bond acceptors (Lipinski definition) is 4. The number of rotatable bonds is 4. The van der Waals surface area contributed by atoms with Crippen LogP contribution < -0.4 is 5.32 Å². The minimum Gasteiger partial charge on any atom is -0.393 e. The van der Waals surface area contributed by atoms with Crippen LogP contribution in [0.2, 0.25) is 0 Å². The van der Waals surface area contributed by atoms with Crippen LogP contribution in [0.5, 0.6) is 0 Å². The Morgan fingerprint density at radius 1 is 1.50 bits per heavy atom. The van der Waals surface area contributed by atoms with Crippen LogP contribution in [0.25, 0.3) is 0 Å². The number of alkyl halides is 3. The van der Waals surface area contributed by atoms with Gasteiger partial charge in [0.15, 0.2) is 5.17 Å². The van der Waals surface area contributed by atoms with Crippen LogP contribution in [0.4, 0.5) is 13.2 Å². The lowest BCUT2D eigenvalue weighted by Crippen LogP contribution is -2.38. The van der Waals surface area contributed by atoms with Crippen molar-refractivity contribution in [2.75, 3.05) is 0 Å². The molecule has 0 saturated heterocycles. The summed E-state index contributed by atoms with van der Waals surface area (Å²) in [5.41, 5.74) is 0. The standard InChI is InChI=1S/C14H21F3N2O2S/c1-8(20)6-9-4-3-5-10(9)18-12-19-11(21)13(2,22-12)7-14(15,16)17/h8-10,20H,3-7H2,1-2H3,(H,18,19,21)/t8-,9-,10+,13?/m1/s1. The van der Waals surface area contributed by atoms with E-state index in [2.05, 4.69) is 10.3 Å². The highest BCUT2D eigenvalue weighted by atomic mass is 32.2. The predicted octanol–water partition coefficient (Wildman–Crippen LogP) is 2.86. The third kappa shape index (κ3) is 4.38. The molecule has 0 aromatic heterocycles. The Bertz CT molecular complexity index is 467. The summed E-state index contributed by atoms with van der Waals surface area (Å²) in [4.78, 5) is 15.6. The topological polar surface area (TPSA) is 61.7 Å². The fourth-order valence-electron chi connectivity index (χ4n) is 3.15. The maximum absolute atomic E-state index is 12.6. The van der Waals surface area contributed by atoms with Crippen molar-refractivity contribution < 1.29 is 23.1 Å². The maximum atomic E-state index is 12.6. The van der Waals surface area contributed by atoms with Gasteiger partial charge in [0.25, 0.3) is 5.91 Å². The summed E-state index contributed by atoms with van der Waals surface area (Å²) < 4.78 is 36.2. The monoisotopic (exact) mass is 338 g/mol. The molecule has 0 aromatic rings. The number of amides is 1. The third-order valence-electron chi connectivity index (χ3n) is 4.13. The molecule has 0 bridgehead atoms. The second-order valence-corrected chi connectivity index (χ2v) is 7.87. The van der Waals surface area contributed by atoms with Crippen molar-refractivity contribution in [2.45, 2.75) is 69.0 Å². The molecule has 1 aliphatic carbocycles. The van der Waals surface area contributed by atoms with Crippen LogP contribution in [-0.4, -0.2) is 39.3 Å². The van der Waals surface area contributed by atoms with Gasteiger partial charge in [0.2, 0.25) is 0 Å². The van der Waals surface area contributed by atoms with Gasteiger partial charge in [-0.1, -0.05) is 18.2 Å². The van der Waals surface area contributed by atoms with Crippen molar-refractivity contribution in [3.8, 4) is 0 Å². The Kier molecular flexibility index (Phi) is 5.11. The van der Waals surface area contributed by atoms with Gasteiger partial charge < -0.3 is 10.4 Å². The van der Waals surface area contributed by atoms with E-state index in [1.807, 2.05) is 0 Å². The summed E-state index contributed by atoms with van der Waals surface area (Å²) >= 11 is 0.863. The number of hydrogen-bond donors (Lipinski definition) is 2. The number of aliphatic hydroxyl groups excluding tert-OH is 1. The van der Waals surface area contributed by atoms with Crippen molar-refractivity contribution in [3.05, 3.63) is 0 Å². The molecule has 0 spiro atoms. The molecule has 0 aromatic carbocycles. The number of halogens is 3. The zero-order valence-electron chi connectivity index (χ0n) is 12.6. The highest BCUT2D eigenvalue weighted by Gasteiger charge is 2.49. The van der Waals surface area contributed by atoms with Crippen molar-refractivity contribution in [1.29, 1.82) is 0 Å². The van der Waals surface area contributed by atoms with Crippen molar-refractivity contribution in [2.24, 2.45) is 10.9 Å². The van der Waals surface area contributed by atoms with Crippen LogP contribution in [0.1, 0.15) is 46.0 Å². The number of amidine groups is 1. The van der Waals surface area contributed by atoms with E-state index in [-0.39, 0.29) is 17.1 Å². The normalized spacial score (nSPS) is 33.9. The lowest BCUT2D eigenvalue weighted by molar-refractivity contribution is -0.147. The molecule has 4 nitrogen and oxygen atoms in total. The lowest BCUT2D eigenvalue weighted by atomic mass is 9.97. The molecule has 1 aliphatic heterocycles. The first-order chi connectivity index (χ1) is 10.1. The summed E-state index contributed by atoms with van der Waals surface area (Å²) in [7, 11) is 0. The molecule has 4 atom stereocenters. The Morgan fingerprint density at radius 3 is 2.77 bits per heavy atom. The second-order valence-electron chi connectivity index (χ2n) is 6.37. The zero-order valence-corrected chi connectivity index (χ0v) is 13.4. The molecule has 1 amide bonds. The average Bonchev–Trinajstić information content (AvgIpc) is 2.82. The second kappa shape index (κ2) is 6.39.